The fraction of sp³-hybridized carbons (Fsp3) is 0.528. The first kappa shape index (κ1) is 88.6. The van der Waals surface area contributed by atoms with Gasteiger partial charge < -0.3 is 74.9 Å². The summed E-state index contributed by atoms with van der Waals surface area (Å²) >= 11 is 1.46. The first-order valence-electron chi connectivity index (χ1n) is 41.1. The molecule has 2 saturated heterocycles. The SMILES string of the molecule is CO[C@H]1/C=C/O[C@@]2(C)Oc3c(C)c(O)c4c(=O)c(c5oc6cc(N7CCC([N+](C)(C)Cc8ccc(NC(=O)[C@H](CCCNC(N)=O)CC(=O)C9(C(=O)C[C@@H](CC(=O)CCCCCCN%10C(=O)CC(C)C%10=O)c%10ccsc%10)CCC9)cc8)CC7)cc(=O)c6nc5c4c3=C2O)NC(=O)/C(C)=C\C=C\[C@H](C)[C@H](O)[C@@H](C)[C@@H](O)[C@@H](C)[C@H](OC(C)=O)[C@@H]1C. The number of esters is 1. The number of anilines is 3. The predicted molar refractivity (Wildman–Crippen MR) is 447 cm³/mol. The van der Waals surface area contributed by atoms with E-state index >= 15 is 4.79 Å². The van der Waals surface area contributed by atoms with Crippen LogP contribution in [-0.2, 0) is 59.1 Å². The van der Waals surface area contributed by atoms with Crippen LogP contribution in [0.4, 0.5) is 21.9 Å². The number of carbonyl (C=O) groups excluding carboxylic acids is 9. The van der Waals surface area contributed by atoms with Gasteiger partial charge in [-0.25, -0.2) is 9.78 Å². The number of fused-ring (bicyclic) bond motifs is 2. The van der Waals surface area contributed by atoms with Gasteiger partial charge in [-0.05, 0) is 98.9 Å². The van der Waals surface area contributed by atoms with E-state index in [4.69, 9.17) is 34.1 Å². The minimum atomic E-state index is -2.06. The van der Waals surface area contributed by atoms with E-state index < -0.39 is 123 Å². The van der Waals surface area contributed by atoms with Gasteiger partial charge in [-0.1, -0.05) is 84.2 Å². The van der Waals surface area contributed by atoms with Crippen molar-refractivity contribution in [1.82, 2.24) is 15.2 Å². The summed E-state index contributed by atoms with van der Waals surface area (Å²) in [6, 6.07) is 11.9. The zero-order chi connectivity index (χ0) is 85.6. The number of urea groups is 1. The molecule has 2 aromatic heterocycles. The summed E-state index contributed by atoms with van der Waals surface area (Å²) in [5.41, 5.74) is 4.38. The molecule has 5 aliphatic rings. The molecule has 12 atom stereocenters. The Bertz CT molecular complexity index is 5100. The number of nitrogens with zero attached hydrogens (tertiary/aromatic N) is 4. The predicted octanol–water partition coefficient (Wildman–Crippen LogP) is 11.0. The van der Waals surface area contributed by atoms with Crippen molar-refractivity contribution in [2.24, 2.45) is 46.7 Å². The molecule has 4 aliphatic heterocycles. The number of aliphatic hydroxyl groups is 3. The maximum Gasteiger partial charge on any atom is 0.312 e. The number of likely N-dealkylation sites (tertiary alicyclic amines) is 1. The summed E-state index contributed by atoms with van der Waals surface area (Å²) < 4.78 is 31.5. The lowest BCUT2D eigenvalue weighted by Gasteiger charge is -2.43. The van der Waals surface area contributed by atoms with Crippen molar-refractivity contribution in [2.75, 3.05) is 62.9 Å². The van der Waals surface area contributed by atoms with Crippen molar-refractivity contribution < 1.29 is 91.4 Å². The number of methoxy groups -OCH3 is 1. The first-order chi connectivity index (χ1) is 56.0. The maximum atomic E-state index is 15.3. The molecule has 4 bridgehead atoms. The summed E-state index contributed by atoms with van der Waals surface area (Å²) in [6.07, 6.45) is 9.77. The van der Waals surface area contributed by atoms with Crippen LogP contribution in [0.25, 0.3) is 38.7 Å². The van der Waals surface area contributed by atoms with Gasteiger partial charge in [-0.15, -0.1) is 0 Å². The number of rotatable bonds is 28. The second kappa shape index (κ2) is 37.4. The quantitative estimate of drug-likeness (QED) is 0.00430. The molecule has 0 radical (unpaired) electrons. The molecule has 0 spiro atoms. The number of thiophene rings is 1. The topological polar surface area (TPSA) is 400 Å². The highest BCUT2D eigenvalue weighted by molar-refractivity contribution is 7.08. The number of nitrogens with one attached hydrogen (secondary N) is 3. The number of ketones is 3. The highest BCUT2D eigenvalue weighted by Gasteiger charge is 2.51. The normalized spacial score (nSPS) is 24.8. The zero-order valence-corrected chi connectivity index (χ0v) is 70.3. The molecule has 3 fully saturated rings. The number of hydrogen-bond donors (Lipinski definition) is 8. The van der Waals surface area contributed by atoms with Gasteiger partial charge in [0.05, 0.1) is 60.7 Å². The third-order valence-electron chi connectivity index (χ3n) is 25.1. The molecule has 9 N–H and O–H groups in total. The lowest BCUT2D eigenvalue weighted by atomic mass is 9.60. The number of carbonyl (C=O) groups is 9. The van der Waals surface area contributed by atoms with Crippen molar-refractivity contribution in [3.8, 4) is 11.5 Å². The number of phenols is 1. The highest BCUT2D eigenvalue weighted by Crippen LogP contribution is 2.48. The summed E-state index contributed by atoms with van der Waals surface area (Å²) in [5.74, 6) is -10.3. The molecule has 118 heavy (non-hydrogen) atoms. The number of hydrogen-bond acceptors (Lipinski definition) is 23. The van der Waals surface area contributed by atoms with E-state index in [0.717, 1.165) is 24.0 Å². The Labute approximate surface area is 689 Å². The summed E-state index contributed by atoms with van der Waals surface area (Å²) in [5, 5.41) is 59.4. The number of unbranched alkanes of at least 4 members (excludes halogenated alkanes) is 3. The van der Waals surface area contributed by atoms with Gasteiger partial charge >= 0.3 is 17.8 Å². The Morgan fingerprint density at radius 3 is 2.19 bits per heavy atom. The van der Waals surface area contributed by atoms with Gasteiger partial charge in [0.2, 0.25) is 28.6 Å². The monoisotopic (exact) mass is 1650 g/mol. The minimum Gasteiger partial charge on any atom is -0.507 e. The fourth-order valence-electron chi connectivity index (χ4n) is 17.6. The average Bonchev–Trinajstić information content (AvgIpc) is 1.43. The van der Waals surface area contributed by atoms with E-state index in [1.165, 1.54) is 75.5 Å². The van der Waals surface area contributed by atoms with Gasteiger partial charge in [0.1, 0.15) is 52.7 Å². The van der Waals surface area contributed by atoms with Crippen molar-refractivity contribution in [3.05, 3.63) is 132 Å². The third-order valence-corrected chi connectivity index (χ3v) is 25.8. The minimum absolute atomic E-state index is 0.00609. The third kappa shape index (κ3) is 19.2. The van der Waals surface area contributed by atoms with E-state index in [0.29, 0.717) is 99.8 Å². The second-order valence-corrected chi connectivity index (χ2v) is 34.6. The maximum absolute atomic E-state index is 15.3. The zero-order valence-electron chi connectivity index (χ0n) is 69.5. The lowest BCUT2D eigenvalue weighted by Crippen LogP contribution is -2.53. The number of aromatic hydroxyl groups is 1. The number of amides is 6. The van der Waals surface area contributed by atoms with Gasteiger partial charge in [-0.2, -0.15) is 11.3 Å². The number of nitrogens with two attached hydrogens (primary N) is 1. The average molecular weight is 1650 g/mol. The molecule has 1 saturated carbocycles. The molecular formula is C89H113N8O20S+. The fourth-order valence-corrected chi connectivity index (χ4v) is 18.4. The molecular weight excluding hydrogens is 1530 g/mol. The number of piperidine rings is 1. The lowest BCUT2D eigenvalue weighted by molar-refractivity contribution is -0.928. The Balaban J connectivity index is 0.786. The Hall–Kier alpha value is -10.2. The number of ether oxygens (including phenoxy) is 4. The van der Waals surface area contributed by atoms with E-state index in [1.54, 1.807) is 52.8 Å². The van der Waals surface area contributed by atoms with Crippen molar-refractivity contribution in [2.45, 2.75) is 214 Å². The molecule has 29 heteroatoms. The number of quaternary nitrogens is 1. The number of allylic oxidation sites excluding steroid dienone is 2. The van der Waals surface area contributed by atoms with Gasteiger partial charge in [0, 0.05) is 173 Å². The number of aromatic nitrogens is 1. The van der Waals surface area contributed by atoms with Crippen molar-refractivity contribution in [3.63, 3.8) is 0 Å². The summed E-state index contributed by atoms with van der Waals surface area (Å²) in [4.78, 5) is 159. The van der Waals surface area contributed by atoms with Crippen LogP contribution in [0.5, 0.6) is 11.5 Å². The van der Waals surface area contributed by atoms with E-state index in [2.05, 4.69) is 34.9 Å². The number of imide groups is 1. The largest absolute Gasteiger partial charge is 0.507 e. The van der Waals surface area contributed by atoms with Crippen LogP contribution in [0.2, 0.25) is 0 Å². The molecule has 634 valence electrons. The van der Waals surface area contributed by atoms with Crippen LogP contribution < -0.4 is 47.4 Å². The number of primary amides is 1. The molecule has 1 unspecified atom stereocenters. The van der Waals surface area contributed by atoms with Crippen LogP contribution in [0.15, 0.2) is 103 Å². The van der Waals surface area contributed by atoms with Crippen molar-refractivity contribution >= 4 is 120 Å². The van der Waals surface area contributed by atoms with Crippen LogP contribution in [0.1, 0.15) is 181 Å². The molecule has 6 aromatic rings. The van der Waals surface area contributed by atoms with E-state index in [1.807, 2.05) is 41.1 Å². The Morgan fingerprint density at radius 2 is 1.55 bits per heavy atom. The molecule has 6 amide bonds. The Kier molecular flexibility index (Phi) is 28.1. The van der Waals surface area contributed by atoms with Gasteiger partial charge in [-0.3, -0.25) is 52.8 Å². The van der Waals surface area contributed by atoms with Crippen LogP contribution >= 0.6 is 11.3 Å². The van der Waals surface area contributed by atoms with Gasteiger partial charge in [0.25, 0.3) is 5.91 Å². The van der Waals surface area contributed by atoms with Gasteiger partial charge in [0.15, 0.2) is 22.4 Å². The number of Topliss-reactive ketones (excluding diaryl/α,β-unsaturated/α-hetero) is 3. The summed E-state index contributed by atoms with van der Waals surface area (Å²) in [6.45, 7) is 16.4. The smallest absolute Gasteiger partial charge is 0.312 e. The second-order valence-electron chi connectivity index (χ2n) is 33.8. The molecule has 1 aliphatic carbocycles. The Morgan fingerprint density at radius 1 is 0.847 bits per heavy atom. The number of phenolic OH excluding ortho intramolecular Hbond substituents is 1. The molecule has 6 heterocycles. The molecule has 28 nitrogen and oxygen atoms in total. The highest BCUT2D eigenvalue weighted by atomic mass is 32.1. The molecule has 4 aromatic carbocycles. The van der Waals surface area contributed by atoms with Crippen LogP contribution in [0.3, 0.4) is 0 Å². The first-order valence-corrected chi connectivity index (χ1v) is 42.0. The summed E-state index contributed by atoms with van der Waals surface area (Å²) in [7, 11) is 5.71. The van der Waals surface area contributed by atoms with E-state index in [9.17, 15) is 68.4 Å². The van der Waals surface area contributed by atoms with Crippen LogP contribution in [-0.4, -0.2) is 171 Å². The number of aliphatic hydroxyl groups excluding tert-OH is 3. The van der Waals surface area contributed by atoms with Crippen LogP contribution in [0, 0.1) is 47.8 Å². The van der Waals surface area contributed by atoms with Crippen molar-refractivity contribution in [1.29, 1.82) is 0 Å². The molecule has 11 rings (SSSR count). The standard InChI is InChI=1S/C89H112N8O20S/c1-48-20-17-21-49(2)84(109)94-75-79(107)71-70(72-81(54(7)78(71)106)117-88(9,83(72)108)114-38-30-65(113-12)51(4)80(115-55(8)98)53(6)77(105)52(5)76(48)104)74-82(75)116-66-45-61(44-64(100)73(66)93-74)95-36-28-62(29-37-95)97(10,11)46-56-24-26-60(27-25-56)92-85(110)57(22-18-34-91-87(90)112)42-67(101)89(32-19-33-89)68(102)43-59(58-31-39-118-47-58)41-63(99)23-15-13-14-16-35-96-69(103)40-50(3)86(96)111/h17,20-21,24-27,30-31,38-39,44-45,47-48,50-53,57,59,62,65,76-77,80,104-105H,13-16,18-19,22-23,28-29,32-37,40-43,46H2,1-12H3,(H6-,90,91,92,93,94,100,106,107,108,109,110,112)/p+1/b20-17+,38-30+,49-21-/t48-,50?,51+,52+,53+,57+,59+,65-,76-,77+,80+,88-/m0/s1. The number of benzene rings is 4. The van der Waals surface area contributed by atoms with E-state index in [-0.39, 0.29) is 135 Å².